The topological polar surface area (TPSA) is 53.4 Å². The molecule has 15 heavy (non-hydrogen) atoms. The number of aromatic nitrogens is 1. The smallest absolute Gasteiger partial charge is 0.149 e. The lowest BCUT2D eigenvalue weighted by Gasteiger charge is -2.07. The van der Waals surface area contributed by atoms with Crippen LogP contribution in [0.15, 0.2) is 11.1 Å². The molecule has 84 valence electrons. The van der Waals surface area contributed by atoms with E-state index in [1.54, 1.807) is 0 Å². The molecule has 1 unspecified atom stereocenters. The van der Waals surface area contributed by atoms with Gasteiger partial charge < -0.3 is 10.2 Å². The summed E-state index contributed by atoms with van der Waals surface area (Å²) < 4.78 is 0. The molecule has 1 aromatic rings. The second-order valence-corrected chi connectivity index (χ2v) is 4.88. The minimum atomic E-state index is -0.803. The highest BCUT2D eigenvalue weighted by Gasteiger charge is 2.10. The molecular weight excluding hydrogens is 281 g/mol. The Morgan fingerprint density at radius 1 is 1.33 bits per heavy atom. The lowest BCUT2D eigenvalue weighted by molar-refractivity contribution is 0.113. The van der Waals surface area contributed by atoms with Crippen molar-refractivity contribution < 1.29 is 10.2 Å². The number of nitrogens with zero attached hydrogens (tertiary/aromatic N) is 1. The number of halogens is 3. The third-order valence-corrected chi connectivity index (χ3v) is 3.69. The van der Waals surface area contributed by atoms with Gasteiger partial charge in [0.15, 0.2) is 0 Å². The predicted octanol–water partition coefficient (Wildman–Crippen LogP) is 2.49. The summed E-state index contributed by atoms with van der Waals surface area (Å²) in [6, 6.07) is 1.49. The lowest BCUT2D eigenvalue weighted by Crippen LogP contribution is -2.14. The van der Waals surface area contributed by atoms with E-state index in [4.69, 9.17) is 45.0 Å². The molecule has 0 saturated carbocycles. The van der Waals surface area contributed by atoms with Gasteiger partial charge in [0.2, 0.25) is 0 Å². The Balaban J connectivity index is 2.73. The first-order chi connectivity index (χ1) is 7.04. The normalized spacial score (nSPS) is 12.9. The molecule has 1 rings (SSSR count). The van der Waals surface area contributed by atoms with Gasteiger partial charge in [0, 0.05) is 5.75 Å². The van der Waals surface area contributed by atoms with Crippen LogP contribution in [0.25, 0.3) is 0 Å². The molecule has 3 nitrogen and oxygen atoms in total. The Labute approximate surface area is 106 Å². The molecule has 0 bridgehead atoms. The van der Waals surface area contributed by atoms with Gasteiger partial charge in [0.1, 0.15) is 10.2 Å². The summed E-state index contributed by atoms with van der Waals surface area (Å²) in [5.74, 6) is 0.293. The number of hydrogen-bond acceptors (Lipinski definition) is 4. The minimum Gasteiger partial charge on any atom is -0.394 e. The van der Waals surface area contributed by atoms with Crippen molar-refractivity contribution in [1.82, 2.24) is 4.98 Å². The number of aliphatic hydroxyl groups excluding tert-OH is 2. The minimum absolute atomic E-state index is 0.169. The maximum absolute atomic E-state index is 9.13. The van der Waals surface area contributed by atoms with Gasteiger partial charge >= 0.3 is 0 Å². The van der Waals surface area contributed by atoms with Crippen LogP contribution in [0.1, 0.15) is 0 Å². The SMILES string of the molecule is OCC(O)CSc1nc(Cl)c(Cl)cc1Cl. The Morgan fingerprint density at radius 3 is 2.60 bits per heavy atom. The Kier molecular flexibility index (Phi) is 5.46. The lowest BCUT2D eigenvalue weighted by atomic mass is 10.4. The predicted molar refractivity (Wildman–Crippen MR) is 63.1 cm³/mol. The number of pyridine rings is 1. The highest BCUT2D eigenvalue weighted by Crippen LogP contribution is 2.31. The van der Waals surface area contributed by atoms with Crippen LogP contribution in [0.4, 0.5) is 0 Å². The van der Waals surface area contributed by atoms with Crippen LogP contribution in [-0.4, -0.2) is 33.7 Å². The molecule has 0 fully saturated rings. The molecule has 0 aromatic carbocycles. The molecule has 0 radical (unpaired) electrons. The molecule has 7 heteroatoms. The van der Waals surface area contributed by atoms with E-state index in [9.17, 15) is 0 Å². The monoisotopic (exact) mass is 287 g/mol. The number of aliphatic hydroxyl groups is 2. The van der Waals surface area contributed by atoms with Crippen molar-refractivity contribution in [3.05, 3.63) is 21.3 Å². The molecule has 0 spiro atoms. The summed E-state index contributed by atoms with van der Waals surface area (Å²) in [5, 5.41) is 19.1. The Hall–Kier alpha value is 0.290. The summed E-state index contributed by atoms with van der Waals surface area (Å²) in [6.45, 7) is -0.300. The van der Waals surface area contributed by atoms with Gasteiger partial charge in [-0.1, -0.05) is 34.8 Å². The Bertz CT molecular complexity index is 351. The zero-order valence-electron chi connectivity index (χ0n) is 7.45. The van der Waals surface area contributed by atoms with E-state index in [0.717, 1.165) is 0 Å². The van der Waals surface area contributed by atoms with Gasteiger partial charge in [-0.2, -0.15) is 0 Å². The summed E-state index contributed by atoms with van der Waals surface area (Å²) in [4.78, 5) is 3.95. The number of hydrogen-bond donors (Lipinski definition) is 2. The summed E-state index contributed by atoms with van der Waals surface area (Å²) >= 11 is 18.5. The average Bonchev–Trinajstić information content (AvgIpc) is 2.21. The first-order valence-electron chi connectivity index (χ1n) is 3.98. The molecule has 0 aliphatic heterocycles. The van der Waals surface area contributed by atoms with E-state index < -0.39 is 6.10 Å². The number of thioether (sulfide) groups is 1. The zero-order valence-corrected chi connectivity index (χ0v) is 10.5. The summed E-state index contributed by atoms with van der Waals surface area (Å²) in [5.41, 5.74) is 0. The van der Waals surface area contributed by atoms with Crippen molar-refractivity contribution in [2.45, 2.75) is 11.1 Å². The Morgan fingerprint density at radius 2 is 2.00 bits per heavy atom. The van der Waals surface area contributed by atoms with E-state index in [2.05, 4.69) is 4.98 Å². The second-order valence-electron chi connectivity index (χ2n) is 2.70. The van der Waals surface area contributed by atoms with Crippen molar-refractivity contribution in [2.24, 2.45) is 0 Å². The average molecular weight is 289 g/mol. The van der Waals surface area contributed by atoms with Crippen molar-refractivity contribution in [1.29, 1.82) is 0 Å². The largest absolute Gasteiger partial charge is 0.394 e. The van der Waals surface area contributed by atoms with Crippen molar-refractivity contribution in [3.8, 4) is 0 Å². The molecule has 1 aromatic heterocycles. The van der Waals surface area contributed by atoms with Crippen LogP contribution in [-0.2, 0) is 0 Å². The first kappa shape index (κ1) is 13.4. The van der Waals surface area contributed by atoms with Gasteiger partial charge in [-0.15, -0.1) is 11.8 Å². The van der Waals surface area contributed by atoms with Crippen LogP contribution in [0, 0.1) is 0 Å². The van der Waals surface area contributed by atoms with E-state index in [-0.39, 0.29) is 16.8 Å². The van der Waals surface area contributed by atoms with E-state index in [1.807, 2.05) is 0 Å². The molecule has 1 heterocycles. The van der Waals surface area contributed by atoms with Gasteiger partial charge in [-0.3, -0.25) is 0 Å². The van der Waals surface area contributed by atoms with Crippen LogP contribution in [0.3, 0.4) is 0 Å². The van der Waals surface area contributed by atoms with Gasteiger partial charge in [0.25, 0.3) is 0 Å². The quantitative estimate of drug-likeness (QED) is 0.660. The molecule has 2 N–H and O–H groups in total. The third-order valence-electron chi connectivity index (χ3n) is 1.48. The fourth-order valence-corrected chi connectivity index (χ4v) is 2.28. The fraction of sp³-hybridized carbons (Fsp3) is 0.375. The number of rotatable bonds is 4. The van der Waals surface area contributed by atoms with Gasteiger partial charge in [-0.25, -0.2) is 4.98 Å². The molecular formula is C8H8Cl3NO2S. The first-order valence-corrected chi connectivity index (χ1v) is 6.09. The standard InChI is InChI=1S/C8H8Cl3NO2S/c9-5-1-6(10)8(12-7(5)11)15-3-4(14)2-13/h1,4,13-14H,2-3H2. The molecule has 0 aliphatic rings. The van der Waals surface area contributed by atoms with Crippen molar-refractivity contribution in [2.75, 3.05) is 12.4 Å². The van der Waals surface area contributed by atoms with E-state index in [0.29, 0.717) is 15.8 Å². The van der Waals surface area contributed by atoms with Gasteiger partial charge in [0.05, 0.1) is 22.8 Å². The second kappa shape index (κ2) is 6.13. The molecule has 0 aliphatic carbocycles. The van der Waals surface area contributed by atoms with Crippen LogP contribution in [0.5, 0.6) is 0 Å². The van der Waals surface area contributed by atoms with Crippen molar-refractivity contribution >= 4 is 46.6 Å². The third kappa shape index (κ3) is 3.98. The summed E-state index contributed by atoms with van der Waals surface area (Å²) in [6.07, 6.45) is -0.803. The van der Waals surface area contributed by atoms with E-state index >= 15 is 0 Å². The maximum Gasteiger partial charge on any atom is 0.149 e. The summed E-state index contributed by atoms with van der Waals surface area (Å²) in [7, 11) is 0. The van der Waals surface area contributed by atoms with Crippen molar-refractivity contribution in [3.63, 3.8) is 0 Å². The van der Waals surface area contributed by atoms with Crippen LogP contribution >= 0.6 is 46.6 Å². The van der Waals surface area contributed by atoms with E-state index in [1.165, 1.54) is 17.8 Å². The van der Waals surface area contributed by atoms with Gasteiger partial charge in [-0.05, 0) is 6.07 Å². The highest BCUT2D eigenvalue weighted by atomic mass is 35.5. The maximum atomic E-state index is 9.13. The molecule has 1 atom stereocenters. The zero-order chi connectivity index (χ0) is 11.4. The fourth-order valence-electron chi connectivity index (χ4n) is 0.758. The molecule has 0 saturated heterocycles. The highest BCUT2D eigenvalue weighted by molar-refractivity contribution is 7.99. The molecule has 0 amide bonds. The van der Waals surface area contributed by atoms with Crippen LogP contribution < -0.4 is 0 Å². The van der Waals surface area contributed by atoms with Crippen LogP contribution in [0.2, 0.25) is 15.2 Å².